The molecule has 0 saturated heterocycles. The first-order valence-electron chi connectivity index (χ1n) is 8.66. The van der Waals surface area contributed by atoms with Gasteiger partial charge in [-0.3, -0.25) is 4.79 Å². The smallest absolute Gasteiger partial charge is 0.319 e. The van der Waals surface area contributed by atoms with E-state index in [4.69, 9.17) is 11.6 Å². The molecule has 0 bridgehead atoms. The zero-order valence-electron chi connectivity index (χ0n) is 14.8. The number of aliphatic hydroxyl groups is 1. The molecule has 0 spiro atoms. The summed E-state index contributed by atoms with van der Waals surface area (Å²) in [7, 11) is 0. The molecule has 0 radical (unpaired) electrons. The maximum absolute atomic E-state index is 12.4. The lowest BCUT2D eigenvalue weighted by Crippen LogP contribution is -2.48. The fraction of sp³-hybridized carbons (Fsp3) is 0.316. The molecule has 8 heteroatoms. The lowest BCUT2D eigenvalue weighted by atomic mass is 10.0. The Balaban J connectivity index is 1.62. The second kappa shape index (κ2) is 7.94. The van der Waals surface area contributed by atoms with Gasteiger partial charge in [-0.2, -0.15) is 0 Å². The Morgan fingerprint density at radius 2 is 2.07 bits per heavy atom. The monoisotopic (exact) mass is 388 g/mol. The third-order valence-corrected chi connectivity index (χ3v) is 4.81. The van der Waals surface area contributed by atoms with Crippen LogP contribution in [0.25, 0.3) is 0 Å². The van der Waals surface area contributed by atoms with Crippen LogP contribution >= 0.6 is 11.6 Å². The van der Waals surface area contributed by atoms with Crippen molar-refractivity contribution in [2.45, 2.75) is 37.8 Å². The first kappa shape index (κ1) is 19.1. The van der Waals surface area contributed by atoms with Gasteiger partial charge in [-0.05, 0) is 56.5 Å². The van der Waals surface area contributed by atoms with Crippen LogP contribution in [0.2, 0.25) is 5.02 Å². The number of hydrogen-bond donors (Lipinski definition) is 4. The molecule has 4 N–H and O–H groups in total. The van der Waals surface area contributed by atoms with Crippen molar-refractivity contribution in [1.82, 2.24) is 10.3 Å². The number of amides is 3. The van der Waals surface area contributed by atoms with Crippen molar-refractivity contribution in [2.24, 2.45) is 0 Å². The number of anilines is 2. The second-order valence-electron chi connectivity index (χ2n) is 6.80. The molecule has 142 valence electrons. The molecule has 1 aromatic carbocycles. The van der Waals surface area contributed by atoms with Crippen molar-refractivity contribution in [3.63, 3.8) is 0 Å². The van der Waals surface area contributed by atoms with Gasteiger partial charge < -0.3 is 21.1 Å². The molecule has 1 aliphatic rings. The van der Waals surface area contributed by atoms with Crippen LogP contribution < -0.4 is 16.0 Å². The van der Waals surface area contributed by atoms with E-state index < -0.39 is 11.6 Å². The van der Waals surface area contributed by atoms with Crippen molar-refractivity contribution in [2.75, 3.05) is 10.6 Å². The zero-order chi connectivity index (χ0) is 19.4. The van der Waals surface area contributed by atoms with Gasteiger partial charge in [0.15, 0.2) is 0 Å². The lowest BCUT2D eigenvalue weighted by Gasteiger charge is -2.26. The van der Waals surface area contributed by atoms with E-state index in [1.807, 2.05) is 0 Å². The first-order chi connectivity index (χ1) is 12.8. The fourth-order valence-corrected chi connectivity index (χ4v) is 3.19. The van der Waals surface area contributed by atoms with E-state index in [1.54, 1.807) is 43.3 Å². The summed E-state index contributed by atoms with van der Waals surface area (Å²) in [6, 6.07) is 9.08. The molecule has 3 rings (SSSR count). The third-order valence-electron chi connectivity index (χ3n) is 4.58. The van der Waals surface area contributed by atoms with Gasteiger partial charge in [-0.15, -0.1) is 0 Å². The van der Waals surface area contributed by atoms with Crippen LogP contribution in [-0.4, -0.2) is 33.7 Å². The van der Waals surface area contributed by atoms with Crippen molar-refractivity contribution in [1.29, 1.82) is 0 Å². The Bertz CT molecular complexity index is 839. The largest absolute Gasteiger partial charge is 0.388 e. The molecule has 3 amide bonds. The fourth-order valence-electron chi connectivity index (χ4n) is 3.08. The molecule has 0 aliphatic heterocycles. The van der Waals surface area contributed by atoms with Crippen molar-refractivity contribution < 1.29 is 14.7 Å². The number of nitrogens with one attached hydrogen (secondary N) is 3. The predicted octanol–water partition coefficient (Wildman–Crippen LogP) is 3.41. The minimum absolute atomic E-state index is 0.292. The molecule has 1 saturated carbocycles. The van der Waals surface area contributed by atoms with E-state index in [-0.39, 0.29) is 11.9 Å². The summed E-state index contributed by atoms with van der Waals surface area (Å²) in [6.45, 7) is 1.72. The molecule has 2 atom stereocenters. The summed E-state index contributed by atoms with van der Waals surface area (Å²) >= 11 is 5.78. The van der Waals surface area contributed by atoms with Gasteiger partial charge >= 0.3 is 6.03 Å². The van der Waals surface area contributed by atoms with E-state index in [0.717, 1.165) is 12.8 Å². The van der Waals surface area contributed by atoms with Crippen LogP contribution in [0.4, 0.5) is 16.3 Å². The normalized spacial score (nSPS) is 21.5. The van der Waals surface area contributed by atoms with Gasteiger partial charge in [0, 0.05) is 17.4 Å². The molecule has 2 aromatic rings. The van der Waals surface area contributed by atoms with E-state index >= 15 is 0 Å². The number of hydrogen-bond acceptors (Lipinski definition) is 4. The molecule has 1 fully saturated rings. The second-order valence-corrected chi connectivity index (χ2v) is 7.23. The van der Waals surface area contributed by atoms with E-state index in [0.29, 0.717) is 28.5 Å². The van der Waals surface area contributed by atoms with Crippen LogP contribution in [0.15, 0.2) is 42.6 Å². The Hall–Kier alpha value is -2.64. The number of halogens is 1. The highest BCUT2D eigenvalue weighted by molar-refractivity contribution is 6.30. The molecule has 27 heavy (non-hydrogen) atoms. The van der Waals surface area contributed by atoms with Gasteiger partial charge in [-0.25, -0.2) is 9.78 Å². The summed E-state index contributed by atoms with van der Waals surface area (Å²) in [5.74, 6) is 0.0246. The van der Waals surface area contributed by atoms with Gasteiger partial charge in [0.1, 0.15) is 5.82 Å². The van der Waals surface area contributed by atoms with E-state index in [2.05, 4.69) is 20.9 Å². The Morgan fingerprint density at radius 1 is 1.26 bits per heavy atom. The molecule has 1 aliphatic carbocycles. The van der Waals surface area contributed by atoms with Crippen LogP contribution in [0.1, 0.15) is 36.5 Å². The maximum Gasteiger partial charge on any atom is 0.319 e. The minimum Gasteiger partial charge on any atom is -0.388 e. The van der Waals surface area contributed by atoms with Crippen molar-refractivity contribution in [3.05, 3.63) is 53.2 Å². The van der Waals surface area contributed by atoms with E-state index in [1.165, 1.54) is 6.20 Å². The number of nitrogens with zero attached hydrogens (tertiary/aromatic N) is 1. The number of carbonyl (C=O) groups excluding carboxylic acids is 2. The van der Waals surface area contributed by atoms with Gasteiger partial charge in [0.05, 0.1) is 16.7 Å². The Kier molecular flexibility index (Phi) is 5.62. The van der Waals surface area contributed by atoms with Crippen LogP contribution in [-0.2, 0) is 0 Å². The minimum atomic E-state index is -0.898. The quantitative estimate of drug-likeness (QED) is 0.644. The SMILES string of the molecule is CC1(O)CCCC1NC(=O)Nc1cccc(C(=O)Nc2ccc(Cl)cn2)c1. The highest BCUT2D eigenvalue weighted by atomic mass is 35.5. The number of benzene rings is 1. The number of pyridine rings is 1. The maximum atomic E-state index is 12.4. The number of aromatic nitrogens is 1. The predicted molar refractivity (Wildman–Crippen MR) is 104 cm³/mol. The lowest BCUT2D eigenvalue weighted by molar-refractivity contribution is 0.0432. The van der Waals surface area contributed by atoms with Crippen LogP contribution in [0.5, 0.6) is 0 Å². The van der Waals surface area contributed by atoms with Gasteiger partial charge in [-0.1, -0.05) is 17.7 Å². The first-order valence-corrected chi connectivity index (χ1v) is 9.04. The van der Waals surface area contributed by atoms with E-state index in [9.17, 15) is 14.7 Å². The number of rotatable bonds is 4. The average Bonchev–Trinajstić information content (AvgIpc) is 2.95. The van der Waals surface area contributed by atoms with Gasteiger partial charge in [0.2, 0.25) is 0 Å². The van der Waals surface area contributed by atoms with Crippen molar-refractivity contribution >= 4 is 35.0 Å². The highest BCUT2D eigenvalue weighted by Gasteiger charge is 2.37. The molecule has 1 aromatic heterocycles. The van der Waals surface area contributed by atoms with Crippen LogP contribution in [0.3, 0.4) is 0 Å². The van der Waals surface area contributed by atoms with Gasteiger partial charge in [0.25, 0.3) is 5.91 Å². The highest BCUT2D eigenvalue weighted by Crippen LogP contribution is 2.29. The molecule has 1 heterocycles. The summed E-state index contributed by atoms with van der Waals surface area (Å²) in [4.78, 5) is 28.6. The van der Waals surface area contributed by atoms with Crippen molar-refractivity contribution in [3.8, 4) is 0 Å². The summed E-state index contributed by atoms with van der Waals surface area (Å²) in [5.41, 5.74) is -0.0516. The molecular formula is C19H21ClN4O3. The Morgan fingerprint density at radius 3 is 2.74 bits per heavy atom. The molecular weight excluding hydrogens is 368 g/mol. The summed E-state index contributed by atoms with van der Waals surface area (Å²) in [6.07, 6.45) is 3.70. The zero-order valence-corrected chi connectivity index (χ0v) is 15.6. The summed E-state index contributed by atoms with van der Waals surface area (Å²) < 4.78 is 0. The van der Waals surface area contributed by atoms with Crippen LogP contribution in [0, 0.1) is 0 Å². The topological polar surface area (TPSA) is 103 Å². The number of urea groups is 1. The Labute approximate surface area is 162 Å². The number of carbonyl (C=O) groups is 2. The molecule has 2 unspecified atom stereocenters. The third kappa shape index (κ3) is 4.96. The standard InChI is InChI=1S/C19H21ClN4O3/c1-19(27)9-3-6-15(19)23-18(26)22-14-5-2-4-12(10-14)17(25)24-16-8-7-13(20)11-21-16/h2,4-5,7-8,10-11,15,27H,3,6,9H2,1H3,(H,21,24,25)(H2,22,23,26). The summed E-state index contributed by atoms with van der Waals surface area (Å²) in [5, 5.41) is 18.9. The molecule has 7 nitrogen and oxygen atoms in total. The average molecular weight is 389 g/mol.